The second-order valence-corrected chi connectivity index (χ2v) is 7.32. The number of nitro benzene ring substituents is 1. The van der Waals surface area contributed by atoms with Gasteiger partial charge in [0, 0.05) is 6.07 Å². The number of nitro groups is 1. The molecule has 0 bridgehead atoms. The average Bonchev–Trinajstić information content (AvgIpc) is 3.29. The van der Waals surface area contributed by atoms with Crippen molar-refractivity contribution in [2.24, 2.45) is 0 Å². The molecule has 0 radical (unpaired) electrons. The van der Waals surface area contributed by atoms with E-state index in [0.717, 1.165) is 4.90 Å². The van der Waals surface area contributed by atoms with E-state index in [1.807, 2.05) is 0 Å². The number of halogens is 1. The minimum Gasteiger partial charge on any atom is -0.483 e. The molecule has 0 unspecified atom stereocenters. The molecule has 1 N–H and O–H groups in total. The van der Waals surface area contributed by atoms with E-state index in [4.69, 9.17) is 20.8 Å². The molecule has 1 saturated heterocycles. The highest BCUT2D eigenvalue weighted by molar-refractivity contribution is 6.32. The van der Waals surface area contributed by atoms with Crippen molar-refractivity contribution in [3.8, 4) is 5.75 Å². The van der Waals surface area contributed by atoms with Gasteiger partial charge in [0.05, 0.1) is 29.7 Å². The smallest absolute Gasteiger partial charge is 0.373 e. The SMILES string of the molecule is COC(=O)c1ccc(CN2C(=O)N/C(=C\c3cc(Cl)c(OC(C)C)c([N+](=O)[O-])c3)C2=O)o1. The van der Waals surface area contributed by atoms with Gasteiger partial charge in [0.1, 0.15) is 11.5 Å². The maximum absolute atomic E-state index is 12.7. The Kier molecular flexibility index (Phi) is 6.49. The largest absolute Gasteiger partial charge is 0.483 e. The Balaban J connectivity index is 1.86. The van der Waals surface area contributed by atoms with E-state index < -0.39 is 22.8 Å². The summed E-state index contributed by atoms with van der Waals surface area (Å²) in [6.07, 6.45) is 0.918. The van der Waals surface area contributed by atoms with E-state index in [0.29, 0.717) is 0 Å². The first-order valence-electron chi connectivity index (χ1n) is 9.26. The lowest BCUT2D eigenvalue weighted by Crippen LogP contribution is -2.30. The van der Waals surface area contributed by atoms with Crippen molar-refractivity contribution in [2.75, 3.05) is 7.11 Å². The molecule has 1 aromatic heterocycles. The highest BCUT2D eigenvalue weighted by atomic mass is 35.5. The van der Waals surface area contributed by atoms with Gasteiger partial charge < -0.3 is 19.2 Å². The molecule has 168 valence electrons. The quantitative estimate of drug-likeness (QED) is 0.216. The van der Waals surface area contributed by atoms with Gasteiger partial charge in [-0.15, -0.1) is 0 Å². The molecule has 1 aliphatic rings. The van der Waals surface area contributed by atoms with Crippen molar-refractivity contribution in [3.63, 3.8) is 0 Å². The van der Waals surface area contributed by atoms with Crippen LogP contribution in [-0.4, -0.2) is 40.9 Å². The van der Waals surface area contributed by atoms with Gasteiger partial charge in [-0.2, -0.15) is 0 Å². The van der Waals surface area contributed by atoms with E-state index in [1.165, 1.54) is 37.5 Å². The van der Waals surface area contributed by atoms with Crippen molar-refractivity contribution < 1.29 is 33.2 Å². The molecule has 0 saturated carbocycles. The molecule has 2 aromatic rings. The molecule has 1 aromatic carbocycles. The number of benzene rings is 1. The van der Waals surface area contributed by atoms with Crippen LogP contribution >= 0.6 is 11.6 Å². The standard InChI is InChI=1S/C20H18ClN3O8/c1-10(2)31-17-13(21)6-11(8-15(17)24(28)29)7-14-18(25)23(20(27)22-14)9-12-4-5-16(32-12)19(26)30-3/h4-8,10H,9H2,1-3H3,(H,22,27)/b14-7-. The zero-order valence-electron chi connectivity index (χ0n) is 17.2. The number of nitrogens with one attached hydrogen (secondary N) is 1. The number of carbonyl (C=O) groups excluding carboxylic acids is 3. The highest BCUT2D eigenvalue weighted by Gasteiger charge is 2.34. The lowest BCUT2D eigenvalue weighted by molar-refractivity contribution is -0.386. The third kappa shape index (κ3) is 4.72. The van der Waals surface area contributed by atoms with E-state index in [2.05, 4.69) is 10.1 Å². The summed E-state index contributed by atoms with van der Waals surface area (Å²) in [5.74, 6) is -1.36. The van der Waals surface area contributed by atoms with E-state index >= 15 is 0 Å². The second-order valence-electron chi connectivity index (χ2n) is 6.91. The van der Waals surface area contributed by atoms with Crippen LogP contribution in [0.5, 0.6) is 5.75 Å². The number of methoxy groups -OCH3 is 1. The summed E-state index contributed by atoms with van der Waals surface area (Å²) in [5, 5.41) is 13.8. The normalized spacial score (nSPS) is 14.8. The van der Waals surface area contributed by atoms with Crippen LogP contribution in [0.4, 0.5) is 10.5 Å². The van der Waals surface area contributed by atoms with Crippen molar-refractivity contribution in [1.29, 1.82) is 0 Å². The molecular weight excluding hydrogens is 446 g/mol. The van der Waals surface area contributed by atoms with Gasteiger partial charge in [0.2, 0.25) is 11.5 Å². The van der Waals surface area contributed by atoms with Crippen LogP contribution in [0.2, 0.25) is 5.02 Å². The maximum Gasteiger partial charge on any atom is 0.373 e. The first-order chi connectivity index (χ1) is 15.1. The highest BCUT2D eigenvalue weighted by Crippen LogP contribution is 2.37. The number of ether oxygens (including phenoxy) is 2. The van der Waals surface area contributed by atoms with Gasteiger partial charge in [0.15, 0.2) is 0 Å². The zero-order chi connectivity index (χ0) is 23.6. The molecule has 3 rings (SSSR count). The van der Waals surface area contributed by atoms with Crippen molar-refractivity contribution in [1.82, 2.24) is 10.2 Å². The van der Waals surface area contributed by atoms with E-state index in [9.17, 15) is 24.5 Å². The lowest BCUT2D eigenvalue weighted by Gasteiger charge is -2.12. The number of urea groups is 1. The fourth-order valence-corrected chi connectivity index (χ4v) is 3.15. The van der Waals surface area contributed by atoms with E-state index in [-0.39, 0.29) is 51.9 Å². The second kappa shape index (κ2) is 9.10. The molecule has 1 aliphatic heterocycles. The Bertz CT molecular complexity index is 1140. The number of hydrogen-bond acceptors (Lipinski definition) is 8. The molecular formula is C20H18ClN3O8. The van der Waals surface area contributed by atoms with Gasteiger partial charge in [-0.3, -0.25) is 19.8 Å². The van der Waals surface area contributed by atoms with Crippen LogP contribution in [0, 0.1) is 10.1 Å². The summed E-state index contributed by atoms with van der Waals surface area (Å²) in [4.78, 5) is 48.1. The average molecular weight is 464 g/mol. The van der Waals surface area contributed by atoms with Crippen molar-refractivity contribution >= 4 is 41.3 Å². The fraction of sp³-hybridized carbons (Fsp3) is 0.250. The minimum atomic E-state index is -0.724. The van der Waals surface area contributed by atoms with Crippen LogP contribution in [-0.2, 0) is 16.1 Å². The predicted molar refractivity (Wildman–Crippen MR) is 111 cm³/mol. The zero-order valence-corrected chi connectivity index (χ0v) is 18.0. The molecule has 0 aliphatic carbocycles. The summed E-state index contributed by atoms with van der Waals surface area (Å²) in [6.45, 7) is 3.16. The van der Waals surface area contributed by atoms with Crippen LogP contribution in [0.25, 0.3) is 6.08 Å². The predicted octanol–water partition coefficient (Wildman–Crippen LogP) is 3.51. The first kappa shape index (κ1) is 22.8. The lowest BCUT2D eigenvalue weighted by atomic mass is 10.1. The molecule has 3 amide bonds. The van der Waals surface area contributed by atoms with E-state index in [1.54, 1.807) is 13.8 Å². The summed E-state index contributed by atoms with van der Waals surface area (Å²) in [7, 11) is 1.19. The van der Waals surface area contributed by atoms with Gasteiger partial charge in [-0.25, -0.2) is 9.59 Å². The first-order valence-corrected chi connectivity index (χ1v) is 9.64. The van der Waals surface area contributed by atoms with Crippen LogP contribution in [0.1, 0.15) is 35.7 Å². The Morgan fingerprint density at radius 2 is 2.06 bits per heavy atom. The number of hydrogen-bond donors (Lipinski definition) is 1. The third-order valence-electron chi connectivity index (χ3n) is 4.23. The summed E-state index contributed by atoms with van der Waals surface area (Å²) < 4.78 is 15.2. The van der Waals surface area contributed by atoms with Crippen molar-refractivity contribution in [3.05, 3.63) is 62.2 Å². The molecule has 0 atom stereocenters. The minimum absolute atomic E-state index is 0.0145. The van der Waals surface area contributed by atoms with Crippen LogP contribution in [0.3, 0.4) is 0 Å². The molecule has 11 nitrogen and oxygen atoms in total. The monoisotopic (exact) mass is 463 g/mol. The molecule has 0 spiro atoms. The summed E-state index contributed by atoms with van der Waals surface area (Å²) in [6, 6.07) is 4.64. The van der Waals surface area contributed by atoms with Crippen molar-refractivity contribution in [2.45, 2.75) is 26.5 Å². The molecule has 2 heterocycles. The Morgan fingerprint density at radius 1 is 1.34 bits per heavy atom. The van der Waals surface area contributed by atoms with Gasteiger partial charge in [-0.1, -0.05) is 11.6 Å². The Morgan fingerprint density at radius 3 is 2.69 bits per heavy atom. The number of imide groups is 1. The molecule has 1 fully saturated rings. The van der Waals surface area contributed by atoms with Gasteiger partial charge in [0.25, 0.3) is 5.91 Å². The fourth-order valence-electron chi connectivity index (χ4n) is 2.88. The Hall–Kier alpha value is -3.86. The van der Waals surface area contributed by atoms with Crippen LogP contribution in [0.15, 0.2) is 34.4 Å². The third-order valence-corrected chi connectivity index (χ3v) is 4.51. The summed E-state index contributed by atoms with van der Waals surface area (Å²) in [5.41, 5.74) is -0.274. The molecule has 32 heavy (non-hydrogen) atoms. The maximum atomic E-state index is 12.7. The number of nitrogens with zero attached hydrogens (tertiary/aromatic N) is 2. The molecule has 12 heteroatoms. The van der Waals surface area contributed by atoms with Gasteiger partial charge >= 0.3 is 17.7 Å². The topological polar surface area (TPSA) is 141 Å². The Labute approximate surface area is 186 Å². The van der Waals surface area contributed by atoms with Gasteiger partial charge in [-0.05, 0) is 43.7 Å². The number of amides is 3. The summed E-state index contributed by atoms with van der Waals surface area (Å²) >= 11 is 6.16. The number of furan rings is 1. The van der Waals surface area contributed by atoms with Crippen LogP contribution < -0.4 is 10.1 Å². The number of carbonyl (C=O) groups is 3. The number of esters is 1. The number of rotatable bonds is 7.